The summed E-state index contributed by atoms with van der Waals surface area (Å²) in [5, 5.41) is 9.46. The Morgan fingerprint density at radius 1 is 1.28 bits per heavy atom. The second-order valence-electron chi connectivity index (χ2n) is 6.10. The second-order valence-corrected chi connectivity index (χ2v) is 6.10. The lowest BCUT2D eigenvalue weighted by Gasteiger charge is -2.34. The van der Waals surface area contributed by atoms with E-state index in [-0.39, 0.29) is 12.0 Å². The van der Waals surface area contributed by atoms with E-state index in [0.717, 1.165) is 31.7 Å². The number of carbonyl (C=O) groups is 1. The summed E-state index contributed by atoms with van der Waals surface area (Å²) >= 11 is 0. The molecule has 1 heterocycles. The van der Waals surface area contributed by atoms with Crippen LogP contribution in [0.15, 0.2) is 0 Å². The van der Waals surface area contributed by atoms with Gasteiger partial charge in [0.05, 0.1) is 12.6 Å². The first kappa shape index (κ1) is 13.8. The van der Waals surface area contributed by atoms with E-state index < -0.39 is 0 Å². The van der Waals surface area contributed by atoms with Crippen molar-refractivity contribution in [2.75, 3.05) is 26.7 Å². The van der Waals surface area contributed by atoms with Crippen molar-refractivity contribution >= 4 is 5.91 Å². The summed E-state index contributed by atoms with van der Waals surface area (Å²) in [4.78, 5) is 16.2. The van der Waals surface area contributed by atoms with Gasteiger partial charge < -0.3 is 10.0 Å². The van der Waals surface area contributed by atoms with E-state index in [2.05, 4.69) is 11.8 Å². The monoisotopic (exact) mass is 254 g/mol. The summed E-state index contributed by atoms with van der Waals surface area (Å²) in [6.07, 6.45) is 5.34. The van der Waals surface area contributed by atoms with E-state index in [9.17, 15) is 9.90 Å². The number of amides is 1. The number of likely N-dealkylation sites (N-methyl/N-ethyl adjacent to an activating group) is 1. The molecule has 4 heteroatoms. The summed E-state index contributed by atoms with van der Waals surface area (Å²) in [5.41, 5.74) is 0. The molecule has 0 aromatic heterocycles. The highest BCUT2D eigenvalue weighted by molar-refractivity contribution is 5.78. The summed E-state index contributed by atoms with van der Waals surface area (Å²) in [5.74, 6) is 1.03. The third-order valence-electron chi connectivity index (χ3n) is 4.53. The van der Waals surface area contributed by atoms with E-state index in [4.69, 9.17) is 0 Å². The Morgan fingerprint density at radius 2 is 1.94 bits per heavy atom. The van der Waals surface area contributed by atoms with Gasteiger partial charge in [0.1, 0.15) is 0 Å². The molecule has 0 aromatic rings. The van der Waals surface area contributed by atoms with Gasteiger partial charge in [0, 0.05) is 26.2 Å². The minimum Gasteiger partial charge on any atom is -0.392 e. The molecule has 0 radical (unpaired) electrons. The van der Waals surface area contributed by atoms with E-state index in [1.54, 1.807) is 0 Å². The number of hydrogen-bond acceptors (Lipinski definition) is 3. The van der Waals surface area contributed by atoms with Gasteiger partial charge in [-0.25, -0.2) is 0 Å². The molecule has 1 aliphatic heterocycles. The van der Waals surface area contributed by atoms with Gasteiger partial charge in [-0.3, -0.25) is 9.69 Å². The molecule has 1 atom stereocenters. The molecule has 104 valence electrons. The lowest BCUT2D eigenvalue weighted by atomic mass is 9.87. The van der Waals surface area contributed by atoms with Gasteiger partial charge in [-0.05, 0) is 38.0 Å². The summed E-state index contributed by atoms with van der Waals surface area (Å²) in [6, 6.07) is 0.432. The topological polar surface area (TPSA) is 43.8 Å². The Balaban J connectivity index is 1.77. The Morgan fingerprint density at radius 3 is 2.50 bits per heavy atom. The maximum absolute atomic E-state index is 12.2. The van der Waals surface area contributed by atoms with Crippen LogP contribution < -0.4 is 0 Å². The molecule has 2 fully saturated rings. The Kier molecular flexibility index (Phi) is 4.62. The van der Waals surface area contributed by atoms with Crippen LogP contribution in [0.4, 0.5) is 0 Å². The molecule has 1 amide bonds. The van der Waals surface area contributed by atoms with Crippen molar-refractivity contribution in [3.05, 3.63) is 0 Å². The van der Waals surface area contributed by atoms with Gasteiger partial charge in [-0.2, -0.15) is 0 Å². The molecule has 0 bridgehead atoms. The van der Waals surface area contributed by atoms with E-state index in [1.807, 2.05) is 11.9 Å². The quantitative estimate of drug-likeness (QED) is 0.820. The maximum atomic E-state index is 12.2. The van der Waals surface area contributed by atoms with Crippen LogP contribution in [-0.2, 0) is 4.79 Å². The third kappa shape index (κ3) is 3.45. The van der Waals surface area contributed by atoms with Crippen molar-refractivity contribution < 1.29 is 9.90 Å². The lowest BCUT2D eigenvalue weighted by Crippen LogP contribution is -2.44. The second kappa shape index (κ2) is 6.02. The van der Waals surface area contributed by atoms with Gasteiger partial charge in [-0.15, -0.1) is 0 Å². The zero-order valence-corrected chi connectivity index (χ0v) is 11.6. The van der Waals surface area contributed by atoms with Crippen LogP contribution in [0.2, 0.25) is 0 Å². The molecule has 1 aliphatic carbocycles. The third-order valence-corrected chi connectivity index (χ3v) is 4.53. The van der Waals surface area contributed by atoms with Crippen LogP contribution in [-0.4, -0.2) is 59.6 Å². The largest absolute Gasteiger partial charge is 0.392 e. The van der Waals surface area contributed by atoms with Gasteiger partial charge >= 0.3 is 0 Å². The first-order valence-corrected chi connectivity index (χ1v) is 7.22. The SMILES string of the molecule is CC1CCC(N(C)C(=O)CN2CC[C@H](O)C2)CC1. The fourth-order valence-electron chi connectivity index (χ4n) is 3.09. The predicted molar refractivity (Wildman–Crippen MR) is 71.3 cm³/mol. The predicted octanol–water partition coefficient (Wildman–Crippen LogP) is 1.09. The van der Waals surface area contributed by atoms with Gasteiger partial charge in [0.15, 0.2) is 0 Å². The van der Waals surface area contributed by atoms with Crippen LogP contribution in [0.25, 0.3) is 0 Å². The number of likely N-dealkylation sites (tertiary alicyclic amines) is 1. The highest BCUT2D eigenvalue weighted by Gasteiger charge is 2.27. The van der Waals surface area contributed by atoms with Gasteiger partial charge in [-0.1, -0.05) is 6.92 Å². The molecule has 0 spiro atoms. The van der Waals surface area contributed by atoms with Crippen LogP contribution >= 0.6 is 0 Å². The smallest absolute Gasteiger partial charge is 0.236 e. The summed E-state index contributed by atoms with van der Waals surface area (Å²) < 4.78 is 0. The first-order valence-electron chi connectivity index (χ1n) is 7.22. The number of carbonyl (C=O) groups excluding carboxylic acids is 1. The van der Waals surface area contributed by atoms with Crippen molar-refractivity contribution in [1.29, 1.82) is 0 Å². The fraction of sp³-hybridized carbons (Fsp3) is 0.929. The van der Waals surface area contributed by atoms with Crippen molar-refractivity contribution in [3.8, 4) is 0 Å². The van der Waals surface area contributed by atoms with Crippen LogP contribution in [0.3, 0.4) is 0 Å². The number of hydrogen-bond donors (Lipinski definition) is 1. The average molecular weight is 254 g/mol. The van der Waals surface area contributed by atoms with E-state index in [1.165, 1.54) is 12.8 Å². The molecule has 2 aliphatic rings. The molecular weight excluding hydrogens is 228 g/mol. The molecule has 2 rings (SSSR count). The normalized spacial score (nSPS) is 33.6. The molecule has 1 saturated heterocycles. The Labute approximate surface area is 110 Å². The summed E-state index contributed by atoms with van der Waals surface area (Å²) in [6.45, 7) is 4.27. The molecule has 1 N–H and O–H groups in total. The first-order chi connectivity index (χ1) is 8.56. The molecule has 18 heavy (non-hydrogen) atoms. The standard InChI is InChI=1S/C14H26N2O2/c1-11-3-5-12(6-4-11)15(2)14(18)10-16-8-7-13(17)9-16/h11-13,17H,3-10H2,1-2H3/t11?,12?,13-/m0/s1. The van der Waals surface area contributed by atoms with E-state index in [0.29, 0.717) is 19.1 Å². The van der Waals surface area contributed by atoms with Crippen LogP contribution in [0.5, 0.6) is 0 Å². The van der Waals surface area contributed by atoms with E-state index >= 15 is 0 Å². The fourth-order valence-corrected chi connectivity index (χ4v) is 3.09. The minimum atomic E-state index is -0.237. The number of nitrogens with zero attached hydrogens (tertiary/aromatic N) is 2. The van der Waals surface area contributed by atoms with Crippen LogP contribution in [0, 0.1) is 5.92 Å². The Bertz CT molecular complexity index is 288. The zero-order valence-electron chi connectivity index (χ0n) is 11.6. The van der Waals surface area contributed by atoms with Crippen molar-refractivity contribution in [1.82, 2.24) is 9.80 Å². The highest BCUT2D eigenvalue weighted by atomic mass is 16.3. The zero-order chi connectivity index (χ0) is 13.1. The van der Waals surface area contributed by atoms with Crippen LogP contribution in [0.1, 0.15) is 39.0 Å². The minimum absolute atomic E-state index is 0.212. The maximum Gasteiger partial charge on any atom is 0.236 e. The molecule has 4 nitrogen and oxygen atoms in total. The molecular formula is C14H26N2O2. The number of rotatable bonds is 3. The van der Waals surface area contributed by atoms with Crippen molar-refractivity contribution in [3.63, 3.8) is 0 Å². The number of aliphatic hydroxyl groups excluding tert-OH is 1. The summed E-state index contributed by atoms with van der Waals surface area (Å²) in [7, 11) is 1.94. The molecule has 0 unspecified atom stereocenters. The van der Waals surface area contributed by atoms with Gasteiger partial charge in [0.2, 0.25) is 5.91 Å². The number of aliphatic hydroxyl groups is 1. The lowest BCUT2D eigenvalue weighted by molar-refractivity contribution is -0.133. The number of β-amino-alcohol motifs (C(OH)–C–C–N with tert-alkyl or cyclic N) is 1. The molecule has 0 aromatic carbocycles. The van der Waals surface area contributed by atoms with Gasteiger partial charge in [0.25, 0.3) is 0 Å². The van der Waals surface area contributed by atoms with Crippen molar-refractivity contribution in [2.45, 2.75) is 51.2 Å². The van der Waals surface area contributed by atoms with Crippen molar-refractivity contribution in [2.24, 2.45) is 5.92 Å². The highest BCUT2D eigenvalue weighted by Crippen LogP contribution is 2.26. The molecule has 1 saturated carbocycles. The Hall–Kier alpha value is -0.610. The average Bonchev–Trinajstić information content (AvgIpc) is 2.75.